The first-order valence-corrected chi connectivity index (χ1v) is 8.56. The van der Waals surface area contributed by atoms with Crippen LogP contribution in [0.5, 0.6) is 0 Å². The zero-order chi connectivity index (χ0) is 16.9. The summed E-state index contributed by atoms with van der Waals surface area (Å²) in [5.41, 5.74) is 2.26. The molecule has 0 saturated carbocycles. The summed E-state index contributed by atoms with van der Waals surface area (Å²) in [6.07, 6.45) is 4.48. The Labute approximate surface area is 143 Å². The number of piperidine rings is 1. The Bertz CT molecular complexity index is 681. The number of ether oxygens (including phenoxy) is 1. The van der Waals surface area contributed by atoms with E-state index >= 15 is 0 Å². The Morgan fingerprint density at radius 3 is 2.88 bits per heavy atom. The van der Waals surface area contributed by atoms with Crippen LogP contribution in [0.2, 0.25) is 0 Å². The molecule has 1 aromatic heterocycles. The normalized spacial score (nSPS) is 17.9. The number of rotatable bonds is 5. The van der Waals surface area contributed by atoms with Gasteiger partial charge in [0, 0.05) is 37.7 Å². The predicted octanol–water partition coefficient (Wildman–Crippen LogP) is 3.06. The Morgan fingerprint density at radius 2 is 2.12 bits per heavy atom. The van der Waals surface area contributed by atoms with Gasteiger partial charge in [0.05, 0.1) is 19.1 Å². The van der Waals surface area contributed by atoms with E-state index in [1.54, 1.807) is 7.11 Å². The third kappa shape index (κ3) is 3.51. The zero-order valence-corrected chi connectivity index (χ0v) is 14.4. The molecule has 24 heavy (non-hydrogen) atoms. The average molecular weight is 327 g/mol. The fraction of sp³-hybridized carbons (Fsp3) is 0.474. The number of aromatic nitrogens is 2. The molecule has 1 aromatic carbocycles. The molecular weight excluding hydrogens is 302 g/mol. The molecule has 5 heteroatoms. The number of amides is 1. The quantitative estimate of drug-likeness (QED) is 0.848. The third-order valence-corrected chi connectivity index (χ3v) is 4.65. The topological polar surface area (TPSA) is 47.4 Å². The number of methoxy groups -OCH3 is 1. The average Bonchev–Trinajstić information content (AvgIpc) is 3.02. The second-order valence-corrected chi connectivity index (χ2v) is 6.34. The van der Waals surface area contributed by atoms with E-state index in [0.717, 1.165) is 43.0 Å². The van der Waals surface area contributed by atoms with Gasteiger partial charge in [-0.25, -0.2) is 4.98 Å². The summed E-state index contributed by atoms with van der Waals surface area (Å²) in [5, 5.41) is 0. The second kappa shape index (κ2) is 7.62. The van der Waals surface area contributed by atoms with Crippen molar-refractivity contribution in [1.29, 1.82) is 0 Å². The lowest BCUT2D eigenvalue weighted by molar-refractivity contribution is -0.133. The summed E-state index contributed by atoms with van der Waals surface area (Å²) >= 11 is 0. The molecule has 0 aliphatic carbocycles. The number of nitrogens with zero attached hydrogens (tertiary/aromatic N) is 3. The highest BCUT2D eigenvalue weighted by Gasteiger charge is 2.27. The molecule has 5 nitrogen and oxygen atoms in total. The number of likely N-dealkylation sites (tertiary alicyclic amines) is 1. The van der Waals surface area contributed by atoms with Gasteiger partial charge >= 0.3 is 0 Å². The molecule has 2 aromatic rings. The molecule has 0 bridgehead atoms. The monoisotopic (exact) mass is 327 g/mol. The Morgan fingerprint density at radius 1 is 1.33 bits per heavy atom. The molecule has 1 amide bonds. The van der Waals surface area contributed by atoms with Gasteiger partial charge in [-0.3, -0.25) is 4.79 Å². The molecule has 0 N–H and O–H groups in total. The standard InChI is InChI=1S/C19H25N3O2/c1-15-13-20-19(16-7-4-3-5-8-16)22(15)17-9-6-11-21(14-17)18(23)10-12-24-2/h3-5,7-8,13,17H,6,9-12,14H2,1-2H3. The number of aryl methyl sites for hydroxylation is 1. The lowest BCUT2D eigenvalue weighted by Crippen LogP contribution is -2.41. The Kier molecular flexibility index (Phi) is 5.30. The SMILES string of the molecule is COCCC(=O)N1CCCC(n2c(C)cnc2-c2ccccc2)C1. The highest BCUT2D eigenvalue weighted by Crippen LogP contribution is 2.29. The van der Waals surface area contributed by atoms with Gasteiger partial charge in [0.15, 0.2) is 0 Å². The smallest absolute Gasteiger partial charge is 0.224 e. The number of hydrogen-bond acceptors (Lipinski definition) is 3. The largest absolute Gasteiger partial charge is 0.384 e. The summed E-state index contributed by atoms with van der Waals surface area (Å²) in [6, 6.07) is 10.5. The van der Waals surface area contributed by atoms with Gasteiger partial charge in [-0.1, -0.05) is 30.3 Å². The third-order valence-electron chi connectivity index (χ3n) is 4.65. The number of hydrogen-bond donors (Lipinski definition) is 0. The molecular formula is C19H25N3O2. The van der Waals surface area contributed by atoms with Crippen molar-refractivity contribution in [2.24, 2.45) is 0 Å². The van der Waals surface area contributed by atoms with Gasteiger partial charge in [0.25, 0.3) is 0 Å². The van der Waals surface area contributed by atoms with Gasteiger partial charge < -0.3 is 14.2 Å². The molecule has 2 heterocycles. The predicted molar refractivity (Wildman–Crippen MR) is 93.7 cm³/mol. The molecule has 1 fully saturated rings. The lowest BCUT2D eigenvalue weighted by Gasteiger charge is -2.35. The summed E-state index contributed by atoms with van der Waals surface area (Å²) in [5.74, 6) is 1.17. The molecule has 1 atom stereocenters. The van der Waals surface area contributed by atoms with Crippen LogP contribution in [0.3, 0.4) is 0 Å². The van der Waals surface area contributed by atoms with Crippen LogP contribution in [-0.2, 0) is 9.53 Å². The van der Waals surface area contributed by atoms with Crippen LogP contribution in [0.4, 0.5) is 0 Å². The van der Waals surface area contributed by atoms with Crippen LogP contribution in [0, 0.1) is 6.92 Å². The minimum absolute atomic E-state index is 0.181. The molecule has 128 valence electrons. The number of carbonyl (C=O) groups excluding carboxylic acids is 1. The maximum Gasteiger partial charge on any atom is 0.224 e. The fourth-order valence-electron chi connectivity index (χ4n) is 3.45. The first-order valence-electron chi connectivity index (χ1n) is 8.56. The second-order valence-electron chi connectivity index (χ2n) is 6.34. The van der Waals surface area contributed by atoms with Crippen molar-refractivity contribution in [3.63, 3.8) is 0 Å². The highest BCUT2D eigenvalue weighted by atomic mass is 16.5. The first kappa shape index (κ1) is 16.7. The van der Waals surface area contributed by atoms with Gasteiger partial charge in [0.2, 0.25) is 5.91 Å². The maximum atomic E-state index is 12.3. The van der Waals surface area contributed by atoms with Crippen LogP contribution >= 0.6 is 0 Å². The van der Waals surface area contributed by atoms with Crippen molar-refractivity contribution < 1.29 is 9.53 Å². The molecule has 1 unspecified atom stereocenters. The number of benzene rings is 1. The minimum atomic E-state index is 0.181. The van der Waals surface area contributed by atoms with Crippen LogP contribution < -0.4 is 0 Å². The Hall–Kier alpha value is -2.14. The van der Waals surface area contributed by atoms with E-state index in [0.29, 0.717) is 13.0 Å². The Balaban J connectivity index is 1.81. The van der Waals surface area contributed by atoms with E-state index in [9.17, 15) is 4.79 Å². The van der Waals surface area contributed by atoms with Crippen LogP contribution in [0.15, 0.2) is 36.5 Å². The highest BCUT2D eigenvalue weighted by molar-refractivity contribution is 5.76. The molecule has 1 saturated heterocycles. The maximum absolute atomic E-state index is 12.3. The van der Waals surface area contributed by atoms with Crippen molar-refractivity contribution in [1.82, 2.24) is 14.5 Å². The summed E-state index contributed by atoms with van der Waals surface area (Å²) in [6.45, 7) is 4.16. The lowest BCUT2D eigenvalue weighted by atomic mass is 10.0. The van der Waals surface area contributed by atoms with E-state index in [-0.39, 0.29) is 11.9 Å². The van der Waals surface area contributed by atoms with E-state index in [1.165, 1.54) is 0 Å². The van der Waals surface area contributed by atoms with E-state index in [4.69, 9.17) is 4.74 Å². The van der Waals surface area contributed by atoms with E-state index in [1.807, 2.05) is 29.3 Å². The van der Waals surface area contributed by atoms with Gasteiger partial charge in [0.1, 0.15) is 5.82 Å². The number of imidazole rings is 1. The van der Waals surface area contributed by atoms with Gasteiger partial charge in [-0.05, 0) is 19.8 Å². The van der Waals surface area contributed by atoms with E-state index < -0.39 is 0 Å². The molecule has 3 rings (SSSR count). The zero-order valence-electron chi connectivity index (χ0n) is 14.4. The summed E-state index contributed by atoms with van der Waals surface area (Å²) in [4.78, 5) is 18.9. The molecule has 1 aliphatic rings. The van der Waals surface area contributed by atoms with Crippen LogP contribution in [0.25, 0.3) is 11.4 Å². The minimum Gasteiger partial charge on any atom is -0.384 e. The van der Waals surface area contributed by atoms with Crippen molar-refractivity contribution in [3.05, 3.63) is 42.2 Å². The van der Waals surface area contributed by atoms with E-state index in [2.05, 4.69) is 28.6 Å². The van der Waals surface area contributed by atoms with Crippen molar-refractivity contribution in [3.8, 4) is 11.4 Å². The van der Waals surface area contributed by atoms with Crippen LogP contribution in [0.1, 0.15) is 31.0 Å². The number of carbonyl (C=O) groups is 1. The summed E-state index contributed by atoms with van der Waals surface area (Å²) < 4.78 is 7.33. The van der Waals surface area contributed by atoms with Crippen molar-refractivity contribution in [2.75, 3.05) is 26.8 Å². The fourth-order valence-corrected chi connectivity index (χ4v) is 3.45. The molecule has 0 radical (unpaired) electrons. The van der Waals surface area contributed by atoms with Crippen molar-refractivity contribution >= 4 is 5.91 Å². The molecule has 1 aliphatic heterocycles. The van der Waals surface area contributed by atoms with Crippen molar-refractivity contribution in [2.45, 2.75) is 32.2 Å². The van der Waals surface area contributed by atoms with Gasteiger partial charge in [-0.2, -0.15) is 0 Å². The van der Waals surface area contributed by atoms with Crippen LogP contribution in [-0.4, -0.2) is 47.2 Å². The van der Waals surface area contributed by atoms with Gasteiger partial charge in [-0.15, -0.1) is 0 Å². The molecule has 0 spiro atoms. The first-order chi connectivity index (χ1) is 11.7. The summed E-state index contributed by atoms with van der Waals surface area (Å²) in [7, 11) is 1.63.